The van der Waals surface area contributed by atoms with Crippen LogP contribution >= 0.6 is 0 Å². The van der Waals surface area contributed by atoms with E-state index in [9.17, 15) is 14.4 Å². The first-order chi connectivity index (χ1) is 27.0. The summed E-state index contributed by atoms with van der Waals surface area (Å²) in [5.41, 5.74) is 0. The molecule has 0 aromatic rings. The van der Waals surface area contributed by atoms with E-state index in [0.717, 1.165) is 77.0 Å². The van der Waals surface area contributed by atoms with Crippen molar-refractivity contribution in [3.05, 3.63) is 24.3 Å². The van der Waals surface area contributed by atoms with Gasteiger partial charge in [0.15, 0.2) is 6.10 Å². The molecular formula is C49H90O6. The van der Waals surface area contributed by atoms with E-state index >= 15 is 0 Å². The number of unbranched alkanes of at least 4 members (excludes halogenated alkanes) is 28. The van der Waals surface area contributed by atoms with Crippen LogP contribution in [0.15, 0.2) is 24.3 Å². The zero-order valence-electron chi connectivity index (χ0n) is 36.7. The van der Waals surface area contributed by atoms with Crippen molar-refractivity contribution in [1.29, 1.82) is 0 Å². The van der Waals surface area contributed by atoms with Crippen molar-refractivity contribution < 1.29 is 28.6 Å². The third-order valence-electron chi connectivity index (χ3n) is 10.4. The molecule has 0 aliphatic heterocycles. The minimum Gasteiger partial charge on any atom is -0.462 e. The number of ether oxygens (including phenoxy) is 3. The molecule has 0 fully saturated rings. The van der Waals surface area contributed by atoms with E-state index < -0.39 is 6.10 Å². The summed E-state index contributed by atoms with van der Waals surface area (Å²) in [7, 11) is 0. The van der Waals surface area contributed by atoms with Gasteiger partial charge in [0.05, 0.1) is 0 Å². The van der Waals surface area contributed by atoms with Crippen LogP contribution < -0.4 is 0 Å². The van der Waals surface area contributed by atoms with Crippen LogP contribution in [-0.2, 0) is 28.6 Å². The third kappa shape index (κ3) is 42.9. The molecule has 0 N–H and O–H groups in total. The summed E-state index contributed by atoms with van der Waals surface area (Å²) >= 11 is 0. The van der Waals surface area contributed by atoms with E-state index in [4.69, 9.17) is 14.2 Å². The predicted octanol–water partition coefficient (Wildman–Crippen LogP) is 15.2. The highest BCUT2D eigenvalue weighted by Crippen LogP contribution is 2.14. The minimum atomic E-state index is -0.772. The maximum Gasteiger partial charge on any atom is 0.306 e. The highest BCUT2D eigenvalue weighted by molar-refractivity contribution is 5.71. The zero-order chi connectivity index (χ0) is 40.1. The maximum atomic E-state index is 12.7. The maximum absolute atomic E-state index is 12.7. The van der Waals surface area contributed by atoms with Gasteiger partial charge in [0.1, 0.15) is 13.2 Å². The second-order valence-electron chi connectivity index (χ2n) is 16.0. The van der Waals surface area contributed by atoms with Crippen molar-refractivity contribution in [3.8, 4) is 0 Å². The Labute approximate surface area is 341 Å². The highest BCUT2D eigenvalue weighted by atomic mass is 16.6. The fourth-order valence-electron chi connectivity index (χ4n) is 6.77. The first-order valence-corrected chi connectivity index (χ1v) is 23.8. The van der Waals surface area contributed by atoms with E-state index in [1.807, 2.05) is 0 Å². The van der Waals surface area contributed by atoms with E-state index in [-0.39, 0.29) is 31.1 Å². The van der Waals surface area contributed by atoms with E-state index in [1.54, 1.807) is 0 Å². The summed E-state index contributed by atoms with van der Waals surface area (Å²) in [6.07, 6.45) is 48.7. The van der Waals surface area contributed by atoms with Gasteiger partial charge in [-0.25, -0.2) is 0 Å². The average molecular weight is 775 g/mol. The van der Waals surface area contributed by atoms with Gasteiger partial charge in [-0.05, 0) is 64.2 Å². The number of hydrogen-bond acceptors (Lipinski definition) is 6. The Morgan fingerprint density at radius 2 is 0.618 bits per heavy atom. The summed E-state index contributed by atoms with van der Waals surface area (Å²) in [5, 5.41) is 0. The van der Waals surface area contributed by atoms with Crippen LogP contribution in [0.3, 0.4) is 0 Å². The van der Waals surface area contributed by atoms with Crippen LogP contribution in [0.25, 0.3) is 0 Å². The smallest absolute Gasteiger partial charge is 0.306 e. The number of allylic oxidation sites excluding steroid dienone is 4. The van der Waals surface area contributed by atoms with Crippen LogP contribution in [0, 0.1) is 0 Å². The molecule has 0 rings (SSSR count). The molecule has 0 spiro atoms. The lowest BCUT2D eigenvalue weighted by molar-refractivity contribution is -0.167. The molecule has 0 aromatic carbocycles. The van der Waals surface area contributed by atoms with Crippen molar-refractivity contribution in [2.45, 2.75) is 258 Å². The van der Waals surface area contributed by atoms with E-state index in [1.165, 1.54) is 135 Å². The molecule has 0 unspecified atom stereocenters. The molecule has 0 saturated heterocycles. The average Bonchev–Trinajstić information content (AvgIpc) is 3.18. The molecule has 0 aromatic heterocycles. The van der Waals surface area contributed by atoms with Crippen LogP contribution in [0.4, 0.5) is 0 Å². The summed E-state index contributed by atoms with van der Waals surface area (Å²) in [6, 6.07) is 0. The van der Waals surface area contributed by atoms with Gasteiger partial charge in [-0.1, -0.05) is 193 Å². The minimum absolute atomic E-state index is 0.0743. The van der Waals surface area contributed by atoms with Crippen molar-refractivity contribution in [3.63, 3.8) is 0 Å². The molecule has 0 heterocycles. The molecule has 55 heavy (non-hydrogen) atoms. The topological polar surface area (TPSA) is 78.9 Å². The Hall–Kier alpha value is -2.11. The summed E-state index contributed by atoms with van der Waals surface area (Å²) < 4.78 is 16.7. The summed E-state index contributed by atoms with van der Waals surface area (Å²) in [5.74, 6) is -0.887. The lowest BCUT2D eigenvalue weighted by Crippen LogP contribution is -2.30. The number of esters is 3. The quantitative estimate of drug-likeness (QED) is 0.0266. The highest BCUT2D eigenvalue weighted by Gasteiger charge is 2.19. The lowest BCUT2D eigenvalue weighted by atomic mass is 10.1. The van der Waals surface area contributed by atoms with Gasteiger partial charge in [-0.15, -0.1) is 0 Å². The zero-order valence-corrected chi connectivity index (χ0v) is 36.7. The molecular weight excluding hydrogens is 685 g/mol. The van der Waals surface area contributed by atoms with Crippen LogP contribution in [0.5, 0.6) is 0 Å². The molecule has 0 radical (unpaired) electrons. The van der Waals surface area contributed by atoms with Crippen molar-refractivity contribution in [2.24, 2.45) is 0 Å². The van der Waals surface area contributed by atoms with Gasteiger partial charge >= 0.3 is 17.9 Å². The van der Waals surface area contributed by atoms with E-state index in [0.29, 0.717) is 19.3 Å². The van der Waals surface area contributed by atoms with Gasteiger partial charge in [-0.2, -0.15) is 0 Å². The van der Waals surface area contributed by atoms with Gasteiger partial charge in [0, 0.05) is 19.3 Å². The van der Waals surface area contributed by atoms with Crippen LogP contribution in [0.1, 0.15) is 252 Å². The molecule has 0 aliphatic rings. The molecule has 0 saturated carbocycles. The second kappa shape index (κ2) is 44.6. The number of carbonyl (C=O) groups excluding carboxylic acids is 3. The van der Waals surface area contributed by atoms with E-state index in [2.05, 4.69) is 45.1 Å². The largest absolute Gasteiger partial charge is 0.462 e. The Morgan fingerprint density at radius 1 is 0.345 bits per heavy atom. The Balaban J connectivity index is 4.35. The molecule has 1 atom stereocenters. The van der Waals surface area contributed by atoms with Crippen molar-refractivity contribution >= 4 is 17.9 Å². The predicted molar refractivity (Wildman–Crippen MR) is 233 cm³/mol. The first-order valence-electron chi connectivity index (χ1n) is 23.8. The number of carbonyl (C=O) groups is 3. The Bertz CT molecular complexity index is 896. The molecule has 322 valence electrons. The normalized spacial score (nSPS) is 12.1. The Kier molecular flexibility index (Phi) is 42.9. The number of hydrogen-bond donors (Lipinski definition) is 0. The third-order valence-corrected chi connectivity index (χ3v) is 10.4. The fourth-order valence-corrected chi connectivity index (χ4v) is 6.77. The summed E-state index contributed by atoms with van der Waals surface area (Å²) in [4.78, 5) is 37.7. The standard InChI is InChI=1S/C49H90O6/c1-4-7-10-13-16-19-22-23-24-25-28-30-33-36-39-42-48(51)54-45-46(55-49(52)43-40-37-34-31-27-21-18-15-12-9-6-3)44-53-47(50)41-38-35-32-29-26-20-17-14-11-8-5-2/h15,18,23-24,46H,4-14,16-17,19-22,25-45H2,1-3H3/b18-15-,24-23-/t46-/m1/s1. The lowest BCUT2D eigenvalue weighted by Gasteiger charge is -2.18. The number of rotatable bonds is 43. The van der Waals surface area contributed by atoms with Crippen molar-refractivity contribution in [2.75, 3.05) is 13.2 Å². The van der Waals surface area contributed by atoms with Gasteiger partial charge < -0.3 is 14.2 Å². The van der Waals surface area contributed by atoms with Gasteiger partial charge in [0.25, 0.3) is 0 Å². The SMILES string of the molecule is CCCC/C=C\CCCCCCCC(=O)O[C@@H](COC(=O)CCCCCCC/C=C\CCCCCCCC)COC(=O)CCCCCCCCCCCCC. The molecule has 6 heteroatoms. The van der Waals surface area contributed by atoms with Crippen LogP contribution in [-0.4, -0.2) is 37.2 Å². The van der Waals surface area contributed by atoms with Gasteiger partial charge in [0.2, 0.25) is 0 Å². The fraction of sp³-hybridized carbons (Fsp3) is 0.857. The molecule has 6 nitrogen and oxygen atoms in total. The molecule has 0 amide bonds. The monoisotopic (exact) mass is 775 g/mol. The summed E-state index contributed by atoms with van der Waals surface area (Å²) in [6.45, 7) is 6.58. The molecule has 0 aliphatic carbocycles. The van der Waals surface area contributed by atoms with Crippen molar-refractivity contribution in [1.82, 2.24) is 0 Å². The van der Waals surface area contributed by atoms with Crippen LogP contribution in [0.2, 0.25) is 0 Å². The first kappa shape index (κ1) is 52.9. The Morgan fingerprint density at radius 3 is 0.964 bits per heavy atom. The molecule has 0 bridgehead atoms. The second-order valence-corrected chi connectivity index (χ2v) is 16.0. The van der Waals surface area contributed by atoms with Gasteiger partial charge in [-0.3, -0.25) is 14.4 Å².